The molecule has 0 amide bonds. The number of nitrogens with zero attached hydrogens (tertiary/aromatic N) is 3. The molecule has 58 valence electrons. The maximum Gasteiger partial charge on any atom is 0.182 e. The highest BCUT2D eigenvalue weighted by Gasteiger charge is 2.09. The van der Waals surface area contributed by atoms with Gasteiger partial charge >= 0.3 is 0 Å². The van der Waals surface area contributed by atoms with Gasteiger partial charge in [0.2, 0.25) is 0 Å². The molecule has 0 N–H and O–H groups in total. The Balaban J connectivity index is 3.36. The molecule has 11 heavy (non-hydrogen) atoms. The van der Waals surface area contributed by atoms with Gasteiger partial charge in [-0.05, 0) is 12.1 Å². The molecule has 4 nitrogen and oxygen atoms in total. The third kappa shape index (κ3) is 1.64. The second-order valence-corrected chi connectivity index (χ2v) is 2.51. The molecule has 0 bridgehead atoms. The van der Waals surface area contributed by atoms with E-state index in [0.717, 1.165) is 0 Å². The van der Waals surface area contributed by atoms with E-state index in [1.165, 1.54) is 0 Å². The molecule has 0 saturated carbocycles. The summed E-state index contributed by atoms with van der Waals surface area (Å²) in [5.74, 6) is 0.410. The van der Waals surface area contributed by atoms with Crippen molar-refractivity contribution in [2.24, 2.45) is 5.18 Å². The second-order valence-electron chi connectivity index (χ2n) is 1.79. The van der Waals surface area contributed by atoms with Crippen molar-refractivity contribution in [1.82, 2.24) is 9.97 Å². The van der Waals surface area contributed by atoms with E-state index in [9.17, 15) is 4.91 Å². The van der Waals surface area contributed by atoms with Gasteiger partial charge in [-0.25, -0.2) is 9.97 Å². The van der Waals surface area contributed by atoms with E-state index in [4.69, 9.17) is 23.2 Å². The molecule has 1 aromatic heterocycles. The van der Waals surface area contributed by atoms with Crippen molar-refractivity contribution < 1.29 is 0 Å². The predicted octanol–water partition coefficient (Wildman–Crippen LogP) is 2.49. The number of hydrogen-bond donors (Lipinski definition) is 0. The lowest BCUT2D eigenvalue weighted by molar-refractivity contribution is 1.05. The highest BCUT2D eigenvalue weighted by Crippen LogP contribution is 2.29. The predicted molar refractivity (Wildman–Crippen MR) is 42.2 cm³/mol. The van der Waals surface area contributed by atoms with E-state index in [1.807, 2.05) is 0 Å². The molecule has 0 aliphatic heterocycles. The Kier molecular flexibility index (Phi) is 2.36. The number of aromatic nitrogens is 2. The van der Waals surface area contributed by atoms with Crippen LogP contribution in [0.1, 0.15) is 5.82 Å². The molecule has 0 unspecified atom stereocenters. The first-order chi connectivity index (χ1) is 5.15. The molecule has 0 saturated heterocycles. The van der Waals surface area contributed by atoms with Crippen molar-refractivity contribution in [2.45, 2.75) is 6.92 Å². The topological polar surface area (TPSA) is 55.2 Å². The maximum atomic E-state index is 10.1. The quantitative estimate of drug-likeness (QED) is 0.507. The van der Waals surface area contributed by atoms with Gasteiger partial charge in [0, 0.05) is 0 Å². The number of nitroso groups, excluding NO2 is 1. The van der Waals surface area contributed by atoms with Gasteiger partial charge in [0.1, 0.15) is 5.82 Å². The Morgan fingerprint density at radius 3 is 2.09 bits per heavy atom. The molecule has 0 spiro atoms. The fraction of sp³-hybridized carbons (Fsp3) is 0.200. The fourth-order valence-electron chi connectivity index (χ4n) is 0.575. The zero-order valence-corrected chi connectivity index (χ0v) is 7.02. The minimum absolute atomic E-state index is 0.0162. The summed E-state index contributed by atoms with van der Waals surface area (Å²) in [7, 11) is 0. The number of hydrogen-bond acceptors (Lipinski definition) is 4. The molecule has 0 aliphatic rings. The van der Waals surface area contributed by atoms with Crippen LogP contribution in [-0.4, -0.2) is 9.97 Å². The van der Waals surface area contributed by atoms with Crippen molar-refractivity contribution in [3.63, 3.8) is 0 Å². The van der Waals surface area contributed by atoms with Crippen molar-refractivity contribution in [3.05, 3.63) is 21.0 Å². The lowest BCUT2D eigenvalue weighted by atomic mass is 10.5. The highest BCUT2D eigenvalue weighted by atomic mass is 35.5. The Labute approximate surface area is 72.5 Å². The standard InChI is InChI=1S/C5H3Cl2N3O/c1-2-8-4(6)3(10-11)5(7)9-2/h1H3. The van der Waals surface area contributed by atoms with Gasteiger partial charge in [-0.15, -0.1) is 4.91 Å². The zero-order chi connectivity index (χ0) is 8.43. The van der Waals surface area contributed by atoms with Gasteiger partial charge in [0.25, 0.3) is 0 Å². The van der Waals surface area contributed by atoms with E-state index >= 15 is 0 Å². The molecule has 0 atom stereocenters. The third-order valence-electron chi connectivity index (χ3n) is 1.00. The summed E-state index contributed by atoms with van der Waals surface area (Å²) in [6, 6.07) is 0. The third-order valence-corrected chi connectivity index (χ3v) is 1.53. The molecule has 1 rings (SSSR count). The van der Waals surface area contributed by atoms with Crippen LogP contribution in [0, 0.1) is 11.8 Å². The molecular formula is C5H3Cl2N3O. The van der Waals surface area contributed by atoms with Crippen LogP contribution in [-0.2, 0) is 0 Å². The Morgan fingerprint density at radius 2 is 1.73 bits per heavy atom. The van der Waals surface area contributed by atoms with Crippen LogP contribution in [0.2, 0.25) is 10.3 Å². The fourth-order valence-corrected chi connectivity index (χ4v) is 1.12. The first kappa shape index (κ1) is 8.36. The van der Waals surface area contributed by atoms with Gasteiger partial charge in [-0.1, -0.05) is 23.2 Å². The summed E-state index contributed by atoms with van der Waals surface area (Å²) in [6.07, 6.45) is 0. The smallest absolute Gasteiger partial charge is 0.182 e. The number of halogens is 2. The van der Waals surface area contributed by atoms with Crippen LogP contribution >= 0.6 is 23.2 Å². The lowest BCUT2D eigenvalue weighted by Gasteiger charge is -1.96. The Bertz CT molecular complexity index is 279. The van der Waals surface area contributed by atoms with Crippen molar-refractivity contribution in [2.75, 3.05) is 0 Å². The summed E-state index contributed by atoms with van der Waals surface area (Å²) in [5.41, 5.74) is -0.112. The van der Waals surface area contributed by atoms with Gasteiger partial charge in [-0.3, -0.25) is 0 Å². The average Bonchev–Trinajstić information content (AvgIpc) is 1.85. The molecule has 0 aromatic carbocycles. The molecule has 0 aliphatic carbocycles. The van der Waals surface area contributed by atoms with Crippen molar-refractivity contribution in [3.8, 4) is 0 Å². The minimum Gasteiger partial charge on any atom is -0.219 e. The van der Waals surface area contributed by atoms with Crippen LogP contribution in [0.3, 0.4) is 0 Å². The van der Waals surface area contributed by atoms with Crippen LogP contribution in [0.25, 0.3) is 0 Å². The highest BCUT2D eigenvalue weighted by molar-refractivity contribution is 6.37. The van der Waals surface area contributed by atoms with E-state index in [0.29, 0.717) is 5.82 Å². The summed E-state index contributed by atoms with van der Waals surface area (Å²) in [4.78, 5) is 17.4. The van der Waals surface area contributed by atoms with Crippen LogP contribution in [0.15, 0.2) is 5.18 Å². The summed E-state index contributed by atoms with van der Waals surface area (Å²) in [6.45, 7) is 1.62. The summed E-state index contributed by atoms with van der Waals surface area (Å²) >= 11 is 11.0. The van der Waals surface area contributed by atoms with E-state index < -0.39 is 0 Å². The van der Waals surface area contributed by atoms with Gasteiger partial charge in [0.05, 0.1) is 0 Å². The number of aryl methyl sites for hydroxylation is 1. The Morgan fingerprint density at radius 1 is 1.27 bits per heavy atom. The maximum absolute atomic E-state index is 10.1. The van der Waals surface area contributed by atoms with E-state index in [1.54, 1.807) is 6.92 Å². The molecule has 1 heterocycles. The van der Waals surface area contributed by atoms with E-state index in [2.05, 4.69) is 15.1 Å². The summed E-state index contributed by atoms with van der Waals surface area (Å²) in [5, 5.41) is 2.54. The van der Waals surface area contributed by atoms with Gasteiger partial charge in [0.15, 0.2) is 16.0 Å². The molecule has 1 aromatic rings. The van der Waals surface area contributed by atoms with Crippen LogP contribution in [0.5, 0.6) is 0 Å². The van der Waals surface area contributed by atoms with E-state index in [-0.39, 0.29) is 16.0 Å². The first-order valence-corrected chi connectivity index (χ1v) is 3.43. The molecular weight excluding hydrogens is 189 g/mol. The van der Waals surface area contributed by atoms with Gasteiger partial charge < -0.3 is 0 Å². The normalized spacial score (nSPS) is 9.73. The van der Waals surface area contributed by atoms with Gasteiger partial charge in [-0.2, -0.15) is 0 Å². The number of rotatable bonds is 1. The second kappa shape index (κ2) is 3.11. The van der Waals surface area contributed by atoms with Crippen LogP contribution in [0.4, 0.5) is 5.69 Å². The molecule has 0 fully saturated rings. The monoisotopic (exact) mass is 191 g/mol. The zero-order valence-electron chi connectivity index (χ0n) is 5.51. The lowest BCUT2D eigenvalue weighted by Crippen LogP contribution is -1.88. The SMILES string of the molecule is Cc1nc(Cl)c(N=O)c(Cl)n1. The first-order valence-electron chi connectivity index (χ1n) is 2.68. The Hall–Kier alpha value is -0.740. The summed E-state index contributed by atoms with van der Waals surface area (Å²) < 4.78 is 0. The molecule has 0 radical (unpaired) electrons. The van der Waals surface area contributed by atoms with Crippen LogP contribution < -0.4 is 0 Å². The average molecular weight is 192 g/mol. The van der Waals surface area contributed by atoms with Crippen molar-refractivity contribution >= 4 is 28.9 Å². The largest absolute Gasteiger partial charge is 0.219 e. The minimum atomic E-state index is -0.112. The van der Waals surface area contributed by atoms with Crippen molar-refractivity contribution in [1.29, 1.82) is 0 Å². The molecule has 6 heteroatoms.